The Kier molecular flexibility index (Phi) is 6.40. The molecule has 2 saturated heterocycles. The summed E-state index contributed by atoms with van der Waals surface area (Å²) >= 11 is 1.60. The van der Waals surface area contributed by atoms with Crippen LogP contribution in [0.25, 0.3) is 0 Å². The van der Waals surface area contributed by atoms with Gasteiger partial charge in [0, 0.05) is 30.6 Å². The molecule has 0 spiro atoms. The van der Waals surface area contributed by atoms with E-state index in [4.69, 9.17) is 9.47 Å². The number of carbonyl (C=O) groups is 2. The average Bonchev–Trinajstić information content (AvgIpc) is 3.29. The Morgan fingerprint density at radius 2 is 1.90 bits per heavy atom. The normalized spacial score (nSPS) is 21.9. The summed E-state index contributed by atoms with van der Waals surface area (Å²) in [5, 5.41) is 5.95. The van der Waals surface area contributed by atoms with Gasteiger partial charge in [0.15, 0.2) is 0 Å². The van der Waals surface area contributed by atoms with Crippen molar-refractivity contribution in [2.45, 2.75) is 44.9 Å². The Morgan fingerprint density at radius 1 is 1.17 bits per heavy atom. The van der Waals surface area contributed by atoms with E-state index in [0.717, 1.165) is 16.4 Å². The molecule has 2 aromatic rings. The summed E-state index contributed by atoms with van der Waals surface area (Å²) in [5.74, 6) is -0.145. The molecule has 160 valence electrons. The number of fused-ring (bicyclic) bond motifs is 1. The third kappa shape index (κ3) is 5.03. The first-order valence-electron chi connectivity index (χ1n) is 10.1. The molecule has 8 nitrogen and oxygen atoms in total. The number of aromatic nitrogens is 2. The third-order valence-corrected chi connectivity index (χ3v) is 6.13. The highest BCUT2D eigenvalue weighted by Crippen LogP contribution is 2.21. The highest BCUT2D eigenvalue weighted by atomic mass is 32.1. The van der Waals surface area contributed by atoms with Crippen molar-refractivity contribution >= 4 is 23.2 Å². The zero-order valence-corrected chi connectivity index (χ0v) is 18.0. The van der Waals surface area contributed by atoms with Crippen LogP contribution in [0.4, 0.5) is 0 Å². The third-order valence-electron chi connectivity index (χ3n) is 5.31. The number of nitrogens with zero attached hydrogens (tertiary/aromatic N) is 3. The van der Waals surface area contributed by atoms with Crippen LogP contribution >= 0.6 is 11.3 Å². The van der Waals surface area contributed by atoms with E-state index in [1.165, 1.54) is 0 Å². The van der Waals surface area contributed by atoms with Crippen LogP contribution in [-0.4, -0.2) is 71.2 Å². The number of hydrogen-bond acceptors (Lipinski definition) is 7. The molecular weight excluding hydrogens is 404 g/mol. The fraction of sp³-hybridized carbons (Fsp3) is 0.524. The highest BCUT2D eigenvalue weighted by Gasteiger charge is 2.39. The van der Waals surface area contributed by atoms with Crippen LogP contribution in [0, 0.1) is 13.8 Å². The number of carbonyl (C=O) groups excluding carboxylic acids is 2. The Hall–Kier alpha value is -2.36. The maximum atomic E-state index is 12.6. The molecule has 0 saturated carbocycles. The number of thiazole rings is 1. The number of hydrogen-bond donors (Lipinski definition) is 1. The van der Waals surface area contributed by atoms with Crippen LogP contribution in [0.1, 0.15) is 33.3 Å². The summed E-state index contributed by atoms with van der Waals surface area (Å²) in [5.41, 5.74) is 2.14. The van der Waals surface area contributed by atoms with Gasteiger partial charge in [0.05, 0.1) is 30.0 Å². The van der Waals surface area contributed by atoms with Gasteiger partial charge < -0.3 is 19.7 Å². The Balaban J connectivity index is 1.25. The van der Waals surface area contributed by atoms with Gasteiger partial charge in [-0.1, -0.05) is 6.07 Å². The number of pyridine rings is 1. The van der Waals surface area contributed by atoms with E-state index in [0.29, 0.717) is 44.8 Å². The van der Waals surface area contributed by atoms with Gasteiger partial charge in [-0.05, 0) is 32.4 Å². The molecule has 30 heavy (non-hydrogen) atoms. The maximum absolute atomic E-state index is 12.6. The fourth-order valence-electron chi connectivity index (χ4n) is 3.72. The van der Waals surface area contributed by atoms with Crippen LogP contribution < -0.4 is 5.32 Å². The van der Waals surface area contributed by atoms with Gasteiger partial charge >= 0.3 is 0 Å². The summed E-state index contributed by atoms with van der Waals surface area (Å²) in [4.78, 5) is 35.5. The number of ether oxygens (including phenoxy) is 2. The van der Waals surface area contributed by atoms with Crippen molar-refractivity contribution in [3.05, 3.63) is 45.7 Å². The van der Waals surface area contributed by atoms with E-state index in [2.05, 4.69) is 15.3 Å². The molecule has 9 heteroatoms. The lowest BCUT2D eigenvalue weighted by atomic mass is 10.2. The minimum Gasteiger partial charge on any atom is -0.371 e. The van der Waals surface area contributed by atoms with Crippen molar-refractivity contribution in [3.63, 3.8) is 0 Å². The van der Waals surface area contributed by atoms with Crippen molar-refractivity contribution in [1.29, 1.82) is 0 Å². The molecule has 1 N–H and O–H groups in total. The number of amides is 2. The summed E-state index contributed by atoms with van der Waals surface area (Å²) in [7, 11) is 0. The molecular formula is C21H26N4O4S. The van der Waals surface area contributed by atoms with E-state index in [9.17, 15) is 9.59 Å². The van der Waals surface area contributed by atoms with Crippen molar-refractivity contribution in [3.8, 4) is 0 Å². The van der Waals surface area contributed by atoms with Gasteiger partial charge in [0.2, 0.25) is 5.91 Å². The predicted molar refractivity (Wildman–Crippen MR) is 111 cm³/mol. The Labute approximate surface area is 179 Å². The van der Waals surface area contributed by atoms with E-state index in [1.807, 2.05) is 36.3 Å². The lowest BCUT2D eigenvalue weighted by Crippen LogP contribution is -2.41. The van der Waals surface area contributed by atoms with E-state index in [1.54, 1.807) is 17.4 Å². The number of nitrogens with one attached hydrogen (secondary N) is 1. The molecule has 0 radical (unpaired) electrons. The smallest absolute Gasteiger partial charge is 0.270 e. The molecule has 2 amide bonds. The second kappa shape index (κ2) is 9.20. The summed E-state index contributed by atoms with van der Waals surface area (Å²) in [6, 6.07) is 5.10. The van der Waals surface area contributed by atoms with Crippen LogP contribution in [0.3, 0.4) is 0 Å². The van der Waals surface area contributed by atoms with E-state index < -0.39 is 0 Å². The Morgan fingerprint density at radius 3 is 2.53 bits per heavy atom. The molecule has 2 atom stereocenters. The van der Waals surface area contributed by atoms with Gasteiger partial charge in [-0.3, -0.25) is 9.59 Å². The quantitative estimate of drug-likeness (QED) is 0.773. The molecule has 4 heterocycles. The first kappa shape index (κ1) is 20.9. The molecule has 2 aliphatic rings. The van der Waals surface area contributed by atoms with Crippen LogP contribution in [0.15, 0.2) is 23.6 Å². The fourth-order valence-corrected chi connectivity index (χ4v) is 4.37. The summed E-state index contributed by atoms with van der Waals surface area (Å²) in [6.45, 7) is 5.53. The van der Waals surface area contributed by atoms with Crippen molar-refractivity contribution < 1.29 is 19.1 Å². The monoisotopic (exact) mass is 430 g/mol. The first-order valence-corrected chi connectivity index (χ1v) is 11.0. The highest BCUT2D eigenvalue weighted by molar-refractivity contribution is 7.09. The van der Waals surface area contributed by atoms with Gasteiger partial charge in [-0.25, -0.2) is 9.97 Å². The lowest BCUT2D eigenvalue weighted by Gasteiger charge is -2.19. The topological polar surface area (TPSA) is 93.7 Å². The van der Waals surface area contributed by atoms with E-state index in [-0.39, 0.29) is 30.1 Å². The first-order chi connectivity index (χ1) is 14.5. The molecule has 2 aromatic heterocycles. The number of aryl methyl sites for hydroxylation is 3. The molecule has 4 rings (SSSR count). The zero-order valence-electron chi connectivity index (χ0n) is 17.2. The number of likely N-dealkylation sites (tertiary alicyclic amines) is 1. The minimum atomic E-state index is -0.248. The Bertz CT molecular complexity index is 902. The predicted octanol–water partition coefficient (Wildman–Crippen LogP) is 1.51. The molecule has 2 aliphatic heterocycles. The molecule has 2 fully saturated rings. The van der Waals surface area contributed by atoms with Crippen LogP contribution in [0.5, 0.6) is 0 Å². The van der Waals surface area contributed by atoms with Gasteiger partial charge in [-0.2, -0.15) is 0 Å². The summed E-state index contributed by atoms with van der Waals surface area (Å²) < 4.78 is 12.0. The average molecular weight is 431 g/mol. The minimum absolute atomic E-state index is 0.0938. The lowest BCUT2D eigenvalue weighted by molar-refractivity contribution is -0.131. The molecule has 0 bridgehead atoms. The molecule has 0 aromatic carbocycles. The van der Waals surface area contributed by atoms with Crippen molar-refractivity contribution in [1.82, 2.24) is 20.2 Å². The van der Waals surface area contributed by atoms with Crippen LogP contribution in [0.2, 0.25) is 0 Å². The second-order valence-electron chi connectivity index (χ2n) is 7.73. The zero-order chi connectivity index (χ0) is 21.1. The standard InChI is InChI=1S/C21H26N4O4S/c1-13-4-3-5-17(22-13)21(27)24-16-10-28-18-8-25(9-19(18)29-11-16)20(26)7-6-15-12-30-14(2)23-15/h3-5,12,16,18-19H,6-11H2,1-2H3,(H,24,27)/t18-,19-/m0/s1. The molecule has 0 aliphatic carbocycles. The molecule has 0 unspecified atom stereocenters. The maximum Gasteiger partial charge on any atom is 0.270 e. The SMILES string of the molecule is Cc1cccc(C(=O)NC2CO[C@H]3CN(C(=O)CCc4csc(C)n4)C[C@@H]3OC2)n1. The second-order valence-corrected chi connectivity index (χ2v) is 8.80. The van der Waals surface area contributed by atoms with Gasteiger partial charge in [0.25, 0.3) is 5.91 Å². The van der Waals surface area contributed by atoms with Crippen molar-refractivity contribution in [2.24, 2.45) is 0 Å². The van der Waals surface area contributed by atoms with Crippen molar-refractivity contribution in [2.75, 3.05) is 26.3 Å². The summed E-state index contributed by atoms with van der Waals surface area (Å²) in [6.07, 6.45) is 0.742. The largest absolute Gasteiger partial charge is 0.371 e. The van der Waals surface area contributed by atoms with Gasteiger partial charge in [0.1, 0.15) is 17.9 Å². The van der Waals surface area contributed by atoms with Crippen LogP contribution in [-0.2, 0) is 20.7 Å². The van der Waals surface area contributed by atoms with Gasteiger partial charge in [-0.15, -0.1) is 11.3 Å². The van der Waals surface area contributed by atoms with E-state index >= 15 is 0 Å². The number of rotatable bonds is 5.